The molecule has 2 fully saturated rings. The summed E-state index contributed by atoms with van der Waals surface area (Å²) < 4.78 is 0. The van der Waals surface area contributed by atoms with Gasteiger partial charge in [0.05, 0.1) is 12.1 Å². The van der Waals surface area contributed by atoms with E-state index in [9.17, 15) is 14.7 Å². The van der Waals surface area contributed by atoms with Crippen molar-refractivity contribution in [3.8, 4) is 0 Å². The summed E-state index contributed by atoms with van der Waals surface area (Å²) in [5.41, 5.74) is 2.31. The lowest BCUT2D eigenvalue weighted by molar-refractivity contribution is -0.143. The van der Waals surface area contributed by atoms with Gasteiger partial charge in [-0.3, -0.25) is 9.59 Å². The summed E-state index contributed by atoms with van der Waals surface area (Å²) in [5, 5.41) is 12.9. The molecule has 5 nitrogen and oxygen atoms in total. The lowest BCUT2D eigenvalue weighted by atomic mass is 9.93. The maximum atomic E-state index is 13.1. The number of nitrogens with zero attached hydrogens (tertiary/aromatic N) is 1. The molecule has 0 bridgehead atoms. The Morgan fingerprint density at radius 3 is 2.44 bits per heavy atom. The number of aliphatic hydroxyl groups is 1. The highest BCUT2D eigenvalue weighted by atomic mass is 16.3. The van der Waals surface area contributed by atoms with Gasteiger partial charge in [-0.15, -0.1) is 0 Å². The van der Waals surface area contributed by atoms with Gasteiger partial charge in [0.15, 0.2) is 0 Å². The van der Waals surface area contributed by atoms with Gasteiger partial charge in [-0.1, -0.05) is 29.8 Å². The minimum atomic E-state index is -0.907. The van der Waals surface area contributed by atoms with Gasteiger partial charge in [0.1, 0.15) is 6.04 Å². The van der Waals surface area contributed by atoms with E-state index in [-0.39, 0.29) is 23.8 Å². The first-order valence-electron chi connectivity index (χ1n) is 9.33. The molecule has 1 heterocycles. The van der Waals surface area contributed by atoms with Gasteiger partial charge >= 0.3 is 0 Å². The third-order valence-corrected chi connectivity index (χ3v) is 5.24. The van der Waals surface area contributed by atoms with Gasteiger partial charge in [-0.05, 0) is 51.5 Å². The first kappa shape index (κ1) is 17.9. The van der Waals surface area contributed by atoms with Crippen molar-refractivity contribution < 1.29 is 14.7 Å². The molecule has 1 saturated carbocycles. The monoisotopic (exact) mass is 344 g/mol. The van der Waals surface area contributed by atoms with E-state index >= 15 is 0 Å². The van der Waals surface area contributed by atoms with Crippen molar-refractivity contribution in [2.45, 2.75) is 64.1 Å². The molecular weight excluding hydrogens is 316 g/mol. The van der Waals surface area contributed by atoms with E-state index < -0.39 is 12.1 Å². The summed E-state index contributed by atoms with van der Waals surface area (Å²) in [5.74, 6) is -0.263. The van der Waals surface area contributed by atoms with Crippen molar-refractivity contribution in [1.29, 1.82) is 0 Å². The number of benzene rings is 1. The zero-order valence-corrected chi connectivity index (χ0v) is 15.1. The lowest BCUT2D eigenvalue weighted by Gasteiger charge is -2.39. The summed E-state index contributed by atoms with van der Waals surface area (Å²) in [7, 11) is 0. The van der Waals surface area contributed by atoms with Gasteiger partial charge in [0.2, 0.25) is 11.8 Å². The number of piperidine rings is 1. The van der Waals surface area contributed by atoms with Crippen LogP contribution in [0.15, 0.2) is 24.3 Å². The van der Waals surface area contributed by atoms with E-state index in [1.807, 2.05) is 11.8 Å². The van der Waals surface area contributed by atoms with Crippen LogP contribution < -0.4 is 5.32 Å². The number of amides is 2. The first-order chi connectivity index (χ1) is 12.0. The number of likely N-dealkylation sites (tertiary alicyclic amines) is 1. The Hall–Kier alpha value is -1.88. The van der Waals surface area contributed by atoms with Crippen LogP contribution in [0.2, 0.25) is 0 Å². The van der Waals surface area contributed by atoms with E-state index in [2.05, 4.69) is 29.6 Å². The molecule has 136 valence electrons. The standard InChI is InChI=1S/C20H28N2O3/c1-13-6-8-15(9-7-13)17-5-3-4-12-22(17)20(25)18(14(2)23)21-19(24)16-10-11-16/h6-9,14,16-18,23H,3-5,10-12H2,1-2H3,(H,21,24). The van der Waals surface area contributed by atoms with Gasteiger partial charge < -0.3 is 15.3 Å². The molecule has 2 N–H and O–H groups in total. The zero-order chi connectivity index (χ0) is 18.0. The van der Waals surface area contributed by atoms with E-state index in [1.165, 1.54) is 5.56 Å². The number of hydrogen-bond acceptors (Lipinski definition) is 3. The van der Waals surface area contributed by atoms with Crippen LogP contribution in [0.5, 0.6) is 0 Å². The second-order valence-corrected chi connectivity index (χ2v) is 7.46. The van der Waals surface area contributed by atoms with Crippen LogP contribution in [-0.2, 0) is 9.59 Å². The van der Waals surface area contributed by atoms with Gasteiger partial charge in [0.25, 0.3) is 0 Å². The lowest BCUT2D eigenvalue weighted by Crippen LogP contribution is -2.55. The quantitative estimate of drug-likeness (QED) is 0.861. The maximum Gasteiger partial charge on any atom is 0.248 e. The second kappa shape index (κ2) is 7.56. The number of nitrogens with one attached hydrogen (secondary N) is 1. The Balaban J connectivity index is 1.78. The van der Waals surface area contributed by atoms with Crippen LogP contribution in [0.1, 0.15) is 56.2 Å². The predicted molar refractivity (Wildman–Crippen MR) is 95.8 cm³/mol. The molecule has 2 aliphatic rings. The van der Waals surface area contributed by atoms with E-state index in [0.29, 0.717) is 6.54 Å². The molecule has 1 aliphatic heterocycles. The fraction of sp³-hybridized carbons (Fsp3) is 0.600. The molecular formula is C20H28N2O3. The molecule has 0 aromatic heterocycles. The Labute approximate surface area is 149 Å². The summed E-state index contributed by atoms with van der Waals surface area (Å²) in [6.45, 7) is 4.28. The van der Waals surface area contributed by atoms with Crippen LogP contribution in [-0.4, -0.2) is 40.5 Å². The topological polar surface area (TPSA) is 69.6 Å². The Bertz CT molecular complexity index is 622. The maximum absolute atomic E-state index is 13.1. The van der Waals surface area contributed by atoms with Crippen molar-refractivity contribution in [3.05, 3.63) is 35.4 Å². The number of aryl methyl sites for hydroxylation is 1. The highest BCUT2D eigenvalue weighted by molar-refractivity contribution is 5.90. The Morgan fingerprint density at radius 1 is 1.16 bits per heavy atom. The molecule has 3 rings (SSSR count). The van der Waals surface area contributed by atoms with E-state index in [1.54, 1.807) is 6.92 Å². The van der Waals surface area contributed by atoms with Crippen LogP contribution >= 0.6 is 0 Å². The van der Waals surface area contributed by atoms with Crippen molar-refractivity contribution in [1.82, 2.24) is 10.2 Å². The molecule has 3 atom stereocenters. The number of carbonyl (C=O) groups is 2. The molecule has 3 unspecified atom stereocenters. The molecule has 5 heteroatoms. The molecule has 25 heavy (non-hydrogen) atoms. The van der Waals surface area contributed by atoms with Crippen LogP contribution in [0.4, 0.5) is 0 Å². The number of hydrogen-bond donors (Lipinski definition) is 2. The SMILES string of the molecule is Cc1ccc(C2CCCCN2C(=O)C(NC(=O)C2CC2)C(C)O)cc1. The number of carbonyl (C=O) groups excluding carboxylic acids is 2. The third-order valence-electron chi connectivity index (χ3n) is 5.24. The Morgan fingerprint density at radius 2 is 1.84 bits per heavy atom. The molecule has 2 amide bonds. The summed E-state index contributed by atoms with van der Waals surface area (Å²) >= 11 is 0. The largest absolute Gasteiger partial charge is 0.391 e. The van der Waals surface area contributed by atoms with Gasteiger partial charge in [-0.25, -0.2) is 0 Å². The normalized spacial score (nSPS) is 23.0. The van der Waals surface area contributed by atoms with Gasteiger partial charge in [0, 0.05) is 12.5 Å². The van der Waals surface area contributed by atoms with Crippen molar-refractivity contribution in [2.75, 3.05) is 6.54 Å². The minimum Gasteiger partial charge on any atom is -0.391 e. The number of rotatable bonds is 5. The van der Waals surface area contributed by atoms with Crippen molar-refractivity contribution in [3.63, 3.8) is 0 Å². The highest BCUT2D eigenvalue weighted by Crippen LogP contribution is 2.32. The zero-order valence-electron chi connectivity index (χ0n) is 15.1. The minimum absolute atomic E-state index is 0.0147. The summed E-state index contributed by atoms with van der Waals surface area (Å²) in [4.78, 5) is 27.1. The molecule has 1 saturated heterocycles. The smallest absolute Gasteiger partial charge is 0.248 e. The summed E-state index contributed by atoms with van der Waals surface area (Å²) in [6.07, 6.45) is 3.80. The second-order valence-electron chi connectivity index (χ2n) is 7.46. The van der Waals surface area contributed by atoms with Crippen LogP contribution in [0.25, 0.3) is 0 Å². The fourth-order valence-electron chi connectivity index (χ4n) is 3.51. The summed E-state index contributed by atoms with van der Waals surface area (Å²) in [6, 6.07) is 7.43. The highest BCUT2D eigenvalue weighted by Gasteiger charge is 2.38. The molecule has 1 aliphatic carbocycles. The third kappa shape index (κ3) is 4.21. The molecule has 1 aromatic carbocycles. The van der Waals surface area contributed by atoms with Gasteiger partial charge in [-0.2, -0.15) is 0 Å². The first-order valence-corrected chi connectivity index (χ1v) is 9.33. The predicted octanol–water partition coefficient (Wildman–Crippen LogP) is 2.32. The van der Waals surface area contributed by atoms with E-state index in [0.717, 1.165) is 37.7 Å². The fourth-order valence-corrected chi connectivity index (χ4v) is 3.51. The Kier molecular flexibility index (Phi) is 5.42. The number of aliphatic hydroxyl groups excluding tert-OH is 1. The molecule has 0 radical (unpaired) electrons. The molecule has 0 spiro atoms. The van der Waals surface area contributed by atoms with Crippen LogP contribution in [0.3, 0.4) is 0 Å². The van der Waals surface area contributed by atoms with Crippen molar-refractivity contribution >= 4 is 11.8 Å². The van der Waals surface area contributed by atoms with Crippen molar-refractivity contribution in [2.24, 2.45) is 5.92 Å². The van der Waals surface area contributed by atoms with Crippen LogP contribution in [0, 0.1) is 12.8 Å². The average molecular weight is 344 g/mol. The van der Waals surface area contributed by atoms with E-state index in [4.69, 9.17) is 0 Å². The molecule has 1 aromatic rings. The average Bonchev–Trinajstić information content (AvgIpc) is 3.44.